The maximum atomic E-state index is 12.5. The standard InChI is InChI=1S/C16H23N3O3S/c1-23(21,22)19-10-8-17(9-11-19)13-16(20)18-7-6-14-4-2-3-5-15(14)12-18/h2-5H,6-13H2,1H3. The number of rotatable bonds is 3. The van der Waals surface area contributed by atoms with Gasteiger partial charge in [0.05, 0.1) is 12.8 Å². The molecule has 126 valence electrons. The summed E-state index contributed by atoms with van der Waals surface area (Å²) in [5, 5.41) is 0. The molecule has 3 rings (SSSR count). The third-order valence-corrected chi connectivity index (χ3v) is 5.95. The highest BCUT2D eigenvalue weighted by molar-refractivity contribution is 7.88. The molecule has 1 saturated heterocycles. The summed E-state index contributed by atoms with van der Waals surface area (Å²) in [6.45, 7) is 3.98. The molecule has 0 aromatic heterocycles. The van der Waals surface area contributed by atoms with Crippen molar-refractivity contribution in [2.75, 3.05) is 45.5 Å². The Bertz CT molecular complexity index is 682. The second kappa shape index (κ2) is 6.59. The molecule has 1 amide bonds. The molecule has 23 heavy (non-hydrogen) atoms. The normalized spacial score (nSPS) is 20.3. The Kier molecular flexibility index (Phi) is 4.70. The first-order chi connectivity index (χ1) is 10.9. The van der Waals surface area contributed by atoms with E-state index in [-0.39, 0.29) is 5.91 Å². The third kappa shape index (κ3) is 3.91. The highest BCUT2D eigenvalue weighted by Crippen LogP contribution is 2.18. The summed E-state index contributed by atoms with van der Waals surface area (Å²) in [6, 6.07) is 8.26. The van der Waals surface area contributed by atoms with Gasteiger partial charge in [0.25, 0.3) is 0 Å². The number of sulfonamides is 1. The average Bonchev–Trinajstić information content (AvgIpc) is 2.54. The topological polar surface area (TPSA) is 60.9 Å². The van der Waals surface area contributed by atoms with Crippen molar-refractivity contribution in [2.45, 2.75) is 13.0 Å². The minimum absolute atomic E-state index is 0.132. The van der Waals surface area contributed by atoms with Crippen LogP contribution in [-0.2, 0) is 27.8 Å². The summed E-state index contributed by atoms with van der Waals surface area (Å²) < 4.78 is 24.5. The molecule has 2 aliphatic rings. The van der Waals surface area contributed by atoms with Gasteiger partial charge in [0.2, 0.25) is 15.9 Å². The lowest BCUT2D eigenvalue weighted by Gasteiger charge is -2.35. The Morgan fingerprint density at radius 1 is 1.04 bits per heavy atom. The van der Waals surface area contributed by atoms with Crippen LogP contribution < -0.4 is 0 Å². The van der Waals surface area contributed by atoms with E-state index >= 15 is 0 Å². The van der Waals surface area contributed by atoms with E-state index in [1.54, 1.807) is 0 Å². The Hall–Kier alpha value is -1.44. The zero-order valence-corrected chi connectivity index (χ0v) is 14.3. The van der Waals surface area contributed by atoms with E-state index in [1.807, 2.05) is 21.9 Å². The molecule has 1 aromatic rings. The lowest BCUT2D eigenvalue weighted by molar-refractivity contribution is -0.133. The van der Waals surface area contributed by atoms with Crippen molar-refractivity contribution in [2.24, 2.45) is 0 Å². The second-order valence-corrected chi connectivity index (χ2v) is 8.25. The van der Waals surface area contributed by atoms with Crippen molar-refractivity contribution in [1.29, 1.82) is 0 Å². The first-order valence-corrected chi connectivity index (χ1v) is 9.80. The number of fused-ring (bicyclic) bond motifs is 1. The van der Waals surface area contributed by atoms with Gasteiger partial charge in [0, 0.05) is 39.3 Å². The molecule has 0 aliphatic carbocycles. The molecular formula is C16H23N3O3S. The number of benzene rings is 1. The van der Waals surface area contributed by atoms with Crippen molar-refractivity contribution in [1.82, 2.24) is 14.1 Å². The highest BCUT2D eigenvalue weighted by atomic mass is 32.2. The number of carbonyl (C=O) groups is 1. The van der Waals surface area contributed by atoms with Crippen LogP contribution in [0.3, 0.4) is 0 Å². The summed E-state index contributed by atoms with van der Waals surface area (Å²) >= 11 is 0. The maximum absolute atomic E-state index is 12.5. The Morgan fingerprint density at radius 2 is 1.70 bits per heavy atom. The Labute approximate surface area is 137 Å². The minimum atomic E-state index is -3.12. The molecule has 7 heteroatoms. The first kappa shape index (κ1) is 16.4. The fourth-order valence-corrected chi connectivity index (χ4v) is 4.05. The van der Waals surface area contributed by atoms with Gasteiger partial charge in [0.15, 0.2) is 0 Å². The van der Waals surface area contributed by atoms with Crippen molar-refractivity contribution in [3.8, 4) is 0 Å². The summed E-state index contributed by atoms with van der Waals surface area (Å²) in [4.78, 5) is 16.5. The zero-order chi connectivity index (χ0) is 16.4. The Balaban J connectivity index is 1.53. The van der Waals surface area contributed by atoms with Gasteiger partial charge in [-0.25, -0.2) is 8.42 Å². The molecular weight excluding hydrogens is 314 g/mol. The van der Waals surface area contributed by atoms with Gasteiger partial charge in [-0.05, 0) is 17.5 Å². The van der Waals surface area contributed by atoms with E-state index < -0.39 is 10.0 Å². The van der Waals surface area contributed by atoms with Crippen LogP contribution in [-0.4, -0.2) is 74.0 Å². The van der Waals surface area contributed by atoms with Gasteiger partial charge in [-0.15, -0.1) is 0 Å². The van der Waals surface area contributed by atoms with Gasteiger partial charge >= 0.3 is 0 Å². The van der Waals surface area contributed by atoms with Crippen LogP contribution in [0.2, 0.25) is 0 Å². The number of hydrogen-bond acceptors (Lipinski definition) is 4. The summed E-state index contributed by atoms with van der Waals surface area (Å²) in [5.41, 5.74) is 2.56. The Morgan fingerprint density at radius 3 is 2.35 bits per heavy atom. The van der Waals surface area contributed by atoms with Crippen molar-refractivity contribution in [3.63, 3.8) is 0 Å². The van der Waals surface area contributed by atoms with Gasteiger partial charge in [0.1, 0.15) is 0 Å². The van der Waals surface area contributed by atoms with Crippen molar-refractivity contribution in [3.05, 3.63) is 35.4 Å². The van der Waals surface area contributed by atoms with Gasteiger partial charge in [-0.3, -0.25) is 9.69 Å². The van der Waals surface area contributed by atoms with Crippen molar-refractivity contribution >= 4 is 15.9 Å². The molecule has 0 spiro atoms. The van der Waals surface area contributed by atoms with E-state index in [4.69, 9.17) is 0 Å². The van der Waals surface area contributed by atoms with Crippen LogP contribution in [0.5, 0.6) is 0 Å². The summed E-state index contributed by atoms with van der Waals surface area (Å²) in [5.74, 6) is 0.132. The number of piperazine rings is 1. The van der Waals surface area contributed by atoms with E-state index in [0.29, 0.717) is 39.3 Å². The predicted octanol–water partition coefficient (Wildman–Crippen LogP) is 0.149. The molecule has 6 nitrogen and oxygen atoms in total. The fraction of sp³-hybridized carbons (Fsp3) is 0.562. The van der Waals surface area contributed by atoms with Crippen LogP contribution in [0.1, 0.15) is 11.1 Å². The molecule has 1 aromatic carbocycles. The van der Waals surface area contributed by atoms with Crippen LogP contribution >= 0.6 is 0 Å². The quantitative estimate of drug-likeness (QED) is 0.788. The van der Waals surface area contributed by atoms with Gasteiger partial charge < -0.3 is 4.90 Å². The SMILES string of the molecule is CS(=O)(=O)N1CCN(CC(=O)N2CCc3ccccc3C2)CC1. The van der Waals surface area contributed by atoms with Gasteiger partial charge in [-0.2, -0.15) is 4.31 Å². The lowest BCUT2D eigenvalue weighted by Crippen LogP contribution is -2.51. The second-order valence-electron chi connectivity index (χ2n) is 6.27. The molecule has 0 unspecified atom stereocenters. The van der Waals surface area contributed by atoms with E-state index in [0.717, 1.165) is 13.0 Å². The van der Waals surface area contributed by atoms with E-state index in [9.17, 15) is 13.2 Å². The highest BCUT2D eigenvalue weighted by Gasteiger charge is 2.26. The molecule has 1 fully saturated rings. The largest absolute Gasteiger partial charge is 0.337 e. The molecule has 2 aliphatic heterocycles. The summed E-state index contributed by atoms with van der Waals surface area (Å²) in [6.07, 6.45) is 2.14. The predicted molar refractivity (Wildman–Crippen MR) is 88.4 cm³/mol. The smallest absolute Gasteiger partial charge is 0.237 e. The fourth-order valence-electron chi connectivity index (χ4n) is 3.22. The molecule has 0 radical (unpaired) electrons. The number of amides is 1. The van der Waals surface area contributed by atoms with E-state index in [1.165, 1.54) is 21.7 Å². The van der Waals surface area contributed by atoms with E-state index in [2.05, 4.69) is 12.1 Å². The monoisotopic (exact) mass is 337 g/mol. The molecule has 0 saturated carbocycles. The van der Waals surface area contributed by atoms with Crippen LogP contribution in [0.25, 0.3) is 0 Å². The minimum Gasteiger partial charge on any atom is -0.337 e. The molecule has 2 heterocycles. The van der Waals surface area contributed by atoms with Crippen LogP contribution in [0, 0.1) is 0 Å². The number of carbonyl (C=O) groups excluding carboxylic acids is 1. The average molecular weight is 337 g/mol. The molecule has 0 atom stereocenters. The molecule has 0 N–H and O–H groups in total. The first-order valence-electron chi connectivity index (χ1n) is 7.95. The number of hydrogen-bond donors (Lipinski definition) is 0. The van der Waals surface area contributed by atoms with Crippen LogP contribution in [0.4, 0.5) is 0 Å². The maximum Gasteiger partial charge on any atom is 0.237 e. The lowest BCUT2D eigenvalue weighted by atomic mass is 10.00. The van der Waals surface area contributed by atoms with Gasteiger partial charge in [-0.1, -0.05) is 24.3 Å². The summed E-state index contributed by atoms with van der Waals surface area (Å²) in [7, 11) is -3.12. The third-order valence-electron chi connectivity index (χ3n) is 4.64. The van der Waals surface area contributed by atoms with Crippen molar-refractivity contribution < 1.29 is 13.2 Å². The number of nitrogens with zero attached hydrogens (tertiary/aromatic N) is 3. The van der Waals surface area contributed by atoms with Crippen LogP contribution in [0.15, 0.2) is 24.3 Å². The zero-order valence-electron chi connectivity index (χ0n) is 13.4. The molecule has 0 bridgehead atoms.